The van der Waals surface area contributed by atoms with E-state index in [9.17, 15) is 22.9 Å². The average Bonchev–Trinajstić information content (AvgIpc) is 3.43. The van der Waals surface area contributed by atoms with Crippen LogP contribution in [0.4, 0.5) is 21.8 Å². The second kappa shape index (κ2) is 11.2. The Labute approximate surface area is 217 Å². The standard InChI is InChI=1S/C18H22BrFN10O6S/c1-18(2,13-9-23-17(29(13)3)30(31)32)35-27-16(25-10-4-5-12(20)11(19)8-10)14-15(28-36-26-14)22-6-7-24-37(21,33)34/h4-5,8-9,24H,6-7H2,1-3H3,(H,22,28)(H,25,27)(H2,21,33,34). The molecule has 2 heterocycles. The van der Waals surface area contributed by atoms with E-state index in [0.29, 0.717) is 11.4 Å². The van der Waals surface area contributed by atoms with Crippen LogP contribution in [-0.4, -0.2) is 52.1 Å². The van der Waals surface area contributed by atoms with Gasteiger partial charge in [0.25, 0.3) is 10.2 Å². The van der Waals surface area contributed by atoms with Gasteiger partial charge in [-0.3, -0.25) is 0 Å². The number of nitrogens with zero attached hydrogens (tertiary/aromatic N) is 6. The highest BCUT2D eigenvalue weighted by molar-refractivity contribution is 9.10. The zero-order valence-corrected chi connectivity index (χ0v) is 22.0. The molecule has 0 radical (unpaired) electrons. The van der Waals surface area contributed by atoms with Crippen molar-refractivity contribution >= 4 is 49.4 Å². The van der Waals surface area contributed by atoms with Gasteiger partial charge in [-0.05, 0) is 63.2 Å². The van der Waals surface area contributed by atoms with E-state index in [1.165, 1.54) is 36.0 Å². The number of imidazole rings is 1. The third-order valence-corrected chi connectivity index (χ3v) is 5.94. The van der Waals surface area contributed by atoms with Crippen LogP contribution in [0.25, 0.3) is 0 Å². The summed E-state index contributed by atoms with van der Waals surface area (Å²) in [5.41, 5.74) is -0.453. The first-order valence-corrected chi connectivity index (χ1v) is 12.6. The molecule has 0 aliphatic rings. The van der Waals surface area contributed by atoms with Crippen LogP contribution in [0.2, 0.25) is 0 Å². The number of hydrogen-bond acceptors (Lipinski definition) is 11. The summed E-state index contributed by atoms with van der Waals surface area (Å²) >= 11 is 3.10. The number of benzene rings is 1. The molecular weight excluding hydrogens is 583 g/mol. The van der Waals surface area contributed by atoms with E-state index in [1.807, 2.05) is 0 Å². The van der Waals surface area contributed by atoms with E-state index in [0.717, 1.165) is 0 Å². The van der Waals surface area contributed by atoms with Crippen molar-refractivity contribution in [3.63, 3.8) is 0 Å². The molecule has 2 aromatic heterocycles. The van der Waals surface area contributed by atoms with E-state index in [1.54, 1.807) is 13.8 Å². The minimum Gasteiger partial charge on any atom is -0.390 e. The van der Waals surface area contributed by atoms with Crippen LogP contribution in [-0.2, 0) is 27.7 Å². The van der Waals surface area contributed by atoms with Crippen LogP contribution >= 0.6 is 15.9 Å². The largest absolute Gasteiger partial charge is 0.434 e. The molecule has 0 saturated carbocycles. The highest BCUT2D eigenvalue weighted by atomic mass is 79.9. The number of nitrogens with two attached hydrogens (primary N) is 1. The lowest BCUT2D eigenvalue weighted by atomic mass is 10.1. The lowest BCUT2D eigenvalue weighted by Gasteiger charge is -2.21. The number of hydrogen-bond donors (Lipinski definition) is 4. The second-order valence-corrected chi connectivity index (χ2v) is 10.1. The Morgan fingerprint density at radius 3 is 2.73 bits per heavy atom. The first-order chi connectivity index (χ1) is 17.3. The highest BCUT2D eigenvalue weighted by Crippen LogP contribution is 2.28. The predicted octanol–water partition coefficient (Wildman–Crippen LogP) is 1.54. The summed E-state index contributed by atoms with van der Waals surface area (Å²) in [5, 5.41) is 33.5. The molecule has 0 atom stereocenters. The molecule has 0 bridgehead atoms. The molecule has 5 N–H and O–H groups in total. The molecule has 0 spiro atoms. The first-order valence-electron chi connectivity index (χ1n) is 10.3. The molecule has 0 unspecified atom stereocenters. The molecule has 0 amide bonds. The maximum Gasteiger partial charge on any atom is 0.434 e. The van der Waals surface area contributed by atoms with Gasteiger partial charge in [-0.15, -0.1) is 0 Å². The lowest BCUT2D eigenvalue weighted by Crippen LogP contribution is -2.34. The van der Waals surface area contributed by atoms with Gasteiger partial charge in [-0.25, -0.2) is 23.4 Å². The average molecular weight is 605 g/mol. The Morgan fingerprint density at radius 1 is 1.38 bits per heavy atom. The van der Waals surface area contributed by atoms with Crippen LogP contribution < -0.4 is 20.5 Å². The van der Waals surface area contributed by atoms with Gasteiger partial charge in [0.1, 0.15) is 12.0 Å². The van der Waals surface area contributed by atoms with Crippen molar-refractivity contribution in [2.45, 2.75) is 19.4 Å². The molecule has 1 aromatic carbocycles. The quantitative estimate of drug-likeness (QED) is 0.0808. The molecular formula is C18H22BrFN10O6S. The van der Waals surface area contributed by atoms with Crippen LogP contribution in [0.1, 0.15) is 25.2 Å². The summed E-state index contributed by atoms with van der Waals surface area (Å²) in [6.07, 6.45) is 1.29. The Kier molecular flexibility index (Phi) is 8.41. The maximum atomic E-state index is 13.7. The zero-order valence-electron chi connectivity index (χ0n) is 19.6. The minimum atomic E-state index is -3.89. The van der Waals surface area contributed by atoms with Crippen LogP contribution in [0.5, 0.6) is 0 Å². The smallest absolute Gasteiger partial charge is 0.390 e. The van der Waals surface area contributed by atoms with Gasteiger partial charge in [0.15, 0.2) is 17.0 Å². The number of nitro groups is 1. The second-order valence-electron chi connectivity index (χ2n) is 7.88. The predicted molar refractivity (Wildman–Crippen MR) is 132 cm³/mol. The van der Waals surface area contributed by atoms with Crippen molar-refractivity contribution in [3.8, 4) is 0 Å². The third kappa shape index (κ3) is 7.18. The summed E-state index contributed by atoms with van der Waals surface area (Å²) in [4.78, 5) is 20.1. The third-order valence-electron chi connectivity index (χ3n) is 4.72. The molecule has 0 aliphatic heterocycles. The van der Waals surface area contributed by atoms with Crippen LogP contribution in [0.15, 0.2) is 38.7 Å². The summed E-state index contributed by atoms with van der Waals surface area (Å²) in [5.74, 6) is -0.842. The van der Waals surface area contributed by atoms with Gasteiger partial charge in [-0.1, -0.05) is 10.1 Å². The Balaban J connectivity index is 1.92. The minimum absolute atomic E-state index is 0.0304. The number of aromatic nitrogens is 4. The maximum absolute atomic E-state index is 13.7. The fourth-order valence-corrected chi connectivity index (χ4v) is 3.77. The fraction of sp³-hybridized carbons (Fsp3) is 0.333. The number of nitrogens with one attached hydrogen (secondary N) is 3. The van der Waals surface area contributed by atoms with Gasteiger partial charge in [0, 0.05) is 18.8 Å². The topological polar surface area (TPSA) is 218 Å². The van der Waals surface area contributed by atoms with Gasteiger partial charge < -0.3 is 25.6 Å². The van der Waals surface area contributed by atoms with Crippen molar-refractivity contribution in [2.24, 2.45) is 17.3 Å². The highest BCUT2D eigenvalue weighted by Gasteiger charge is 2.34. The zero-order chi connectivity index (χ0) is 27.4. The first kappa shape index (κ1) is 27.9. The van der Waals surface area contributed by atoms with E-state index in [2.05, 4.69) is 51.7 Å². The number of amidine groups is 1. The SMILES string of the molecule is Cn1c(C(C)(C)O/N=C(\Nc2ccc(F)c(Br)c2)c2nonc2NCCNS(N)(=O)=O)cnc1[N+](=O)[O-]. The Hall–Kier alpha value is -3.68. The van der Waals surface area contributed by atoms with Crippen LogP contribution in [0, 0.1) is 15.9 Å². The molecule has 0 saturated heterocycles. The molecule has 0 aliphatic carbocycles. The molecule has 16 nitrogen and oxygen atoms in total. The number of halogens is 2. The number of rotatable bonds is 11. The van der Waals surface area contributed by atoms with Crippen molar-refractivity contribution in [1.29, 1.82) is 0 Å². The summed E-state index contributed by atoms with van der Waals surface area (Å²) in [6, 6.07) is 4.09. The summed E-state index contributed by atoms with van der Waals surface area (Å²) in [6.45, 7) is 3.21. The van der Waals surface area contributed by atoms with Crippen molar-refractivity contribution in [2.75, 3.05) is 23.7 Å². The normalized spacial score (nSPS) is 12.4. The van der Waals surface area contributed by atoms with Crippen molar-refractivity contribution in [3.05, 3.63) is 56.2 Å². The van der Waals surface area contributed by atoms with E-state index in [-0.39, 0.29) is 40.9 Å². The van der Waals surface area contributed by atoms with Crippen molar-refractivity contribution < 1.29 is 27.2 Å². The fourth-order valence-electron chi connectivity index (χ4n) is 3.01. The Morgan fingerprint density at radius 2 is 2.11 bits per heavy atom. The van der Waals surface area contributed by atoms with Gasteiger partial charge in [-0.2, -0.15) is 8.42 Å². The number of oxime groups is 1. The molecule has 0 fully saturated rings. The molecule has 3 aromatic rings. The van der Waals surface area contributed by atoms with Gasteiger partial charge in [0.2, 0.25) is 11.7 Å². The van der Waals surface area contributed by atoms with Gasteiger partial charge in [0.05, 0.1) is 11.5 Å². The summed E-state index contributed by atoms with van der Waals surface area (Å²) < 4.78 is 44.2. The van der Waals surface area contributed by atoms with E-state index >= 15 is 0 Å². The molecule has 3 rings (SSSR count). The van der Waals surface area contributed by atoms with E-state index in [4.69, 9.17) is 14.6 Å². The lowest BCUT2D eigenvalue weighted by molar-refractivity contribution is -0.396. The summed E-state index contributed by atoms with van der Waals surface area (Å²) in [7, 11) is -2.43. The van der Waals surface area contributed by atoms with E-state index < -0.39 is 26.6 Å². The Bertz CT molecular complexity index is 1420. The molecule has 37 heavy (non-hydrogen) atoms. The molecule has 19 heteroatoms. The monoisotopic (exact) mass is 604 g/mol. The van der Waals surface area contributed by atoms with Gasteiger partial charge >= 0.3 is 5.95 Å². The molecule has 200 valence electrons. The van der Waals surface area contributed by atoms with Crippen LogP contribution in [0.3, 0.4) is 0 Å². The van der Waals surface area contributed by atoms with Crippen molar-refractivity contribution in [1.82, 2.24) is 24.6 Å². The number of anilines is 2.